The lowest BCUT2D eigenvalue weighted by atomic mass is 9.76. The van der Waals surface area contributed by atoms with E-state index in [1.54, 1.807) is 4.90 Å². The van der Waals surface area contributed by atoms with Crippen LogP contribution in [0.25, 0.3) is 0 Å². The van der Waals surface area contributed by atoms with Crippen molar-refractivity contribution in [3.05, 3.63) is 71.8 Å². The first-order valence-corrected chi connectivity index (χ1v) is 7.84. The second kappa shape index (κ2) is 6.65. The normalized spacial score (nSPS) is 18.2. The van der Waals surface area contributed by atoms with Crippen molar-refractivity contribution in [3.63, 3.8) is 0 Å². The highest BCUT2D eigenvalue weighted by atomic mass is 16.2. The van der Waals surface area contributed by atoms with E-state index in [2.05, 4.69) is 0 Å². The van der Waals surface area contributed by atoms with Gasteiger partial charge in [0.15, 0.2) is 0 Å². The van der Waals surface area contributed by atoms with Crippen LogP contribution in [0.2, 0.25) is 0 Å². The smallest absolute Gasteiger partial charge is 0.314 e. The number of likely N-dealkylation sites (tertiary alicyclic amines) is 1. The van der Waals surface area contributed by atoms with Gasteiger partial charge in [0.25, 0.3) is 0 Å². The van der Waals surface area contributed by atoms with Gasteiger partial charge in [0.05, 0.1) is 0 Å². The number of Topliss-reactive ketones (excluding diaryl/α,β-unsaturated/α-hetero) is 1. The minimum absolute atomic E-state index is 0.0629. The van der Waals surface area contributed by atoms with Gasteiger partial charge in [-0.1, -0.05) is 60.7 Å². The third-order valence-corrected chi connectivity index (χ3v) is 4.49. The molecule has 2 aromatic rings. The van der Waals surface area contributed by atoms with E-state index in [0.29, 0.717) is 19.5 Å². The van der Waals surface area contributed by atoms with E-state index in [9.17, 15) is 9.59 Å². The van der Waals surface area contributed by atoms with Gasteiger partial charge in [-0.2, -0.15) is 0 Å². The second-order valence-corrected chi connectivity index (χ2v) is 5.91. The number of piperidine rings is 1. The van der Waals surface area contributed by atoms with Gasteiger partial charge in [-0.3, -0.25) is 4.79 Å². The van der Waals surface area contributed by atoms with Crippen molar-refractivity contribution in [2.45, 2.75) is 12.3 Å². The SMILES string of the molecule is NC(=O)N1CCC(=O)C(C(c2ccccc2)c2ccccc2)C1. The number of nitrogens with two attached hydrogens (primary N) is 1. The predicted octanol–water partition coefficient (Wildman–Crippen LogP) is 2.79. The number of urea groups is 1. The number of primary amides is 1. The first kappa shape index (κ1) is 15.3. The van der Waals surface area contributed by atoms with Crippen molar-refractivity contribution >= 4 is 11.8 Å². The maximum absolute atomic E-state index is 12.6. The molecule has 1 aliphatic heterocycles. The van der Waals surface area contributed by atoms with Gasteiger partial charge in [-0.15, -0.1) is 0 Å². The van der Waals surface area contributed by atoms with E-state index in [1.165, 1.54) is 0 Å². The molecule has 1 heterocycles. The number of hydrogen-bond donors (Lipinski definition) is 1. The molecule has 4 heteroatoms. The van der Waals surface area contributed by atoms with Gasteiger partial charge in [0, 0.05) is 31.3 Å². The fourth-order valence-corrected chi connectivity index (χ4v) is 3.33. The van der Waals surface area contributed by atoms with E-state index < -0.39 is 6.03 Å². The Balaban J connectivity index is 2.01. The summed E-state index contributed by atoms with van der Waals surface area (Å²) in [6.07, 6.45) is 0.365. The Bertz CT molecular complexity index is 646. The number of carbonyl (C=O) groups is 2. The maximum atomic E-state index is 12.6. The van der Waals surface area contributed by atoms with E-state index >= 15 is 0 Å². The first-order chi connectivity index (χ1) is 11.2. The molecular formula is C19H20N2O2. The molecule has 2 N–H and O–H groups in total. The molecular weight excluding hydrogens is 288 g/mol. The van der Waals surface area contributed by atoms with E-state index in [1.807, 2.05) is 60.7 Å². The molecule has 4 nitrogen and oxygen atoms in total. The molecule has 0 aliphatic carbocycles. The summed E-state index contributed by atoms with van der Waals surface area (Å²) in [6, 6.07) is 19.5. The molecule has 1 atom stereocenters. The quantitative estimate of drug-likeness (QED) is 0.947. The summed E-state index contributed by atoms with van der Waals surface area (Å²) < 4.78 is 0. The number of hydrogen-bond acceptors (Lipinski definition) is 2. The zero-order valence-electron chi connectivity index (χ0n) is 12.9. The van der Waals surface area contributed by atoms with Crippen molar-refractivity contribution in [1.29, 1.82) is 0 Å². The van der Waals surface area contributed by atoms with Gasteiger partial charge in [0.2, 0.25) is 0 Å². The Hall–Kier alpha value is -2.62. The van der Waals surface area contributed by atoms with Crippen molar-refractivity contribution in [1.82, 2.24) is 4.90 Å². The largest absolute Gasteiger partial charge is 0.351 e. The lowest BCUT2D eigenvalue weighted by Crippen LogP contribution is -2.48. The average molecular weight is 308 g/mol. The molecule has 0 spiro atoms. The number of carbonyl (C=O) groups excluding carboxylic acids is 2. The number of rotatable bonds is 3. The summed E-state index contributed by atoms with van der Waals surface area (Å²) in [6.45, 7) is 0.795. The Morgan fingerprint density at radius 1 is 1.00 bits per heavy atom. The van der Waals surface area contributed by atoms with Crippen LogP contribution in [-0.4, -0.2) is 29.8 Å². The van der Waals surface area contributed by atoms with Crippen LogP contribution in [0.5, 0.6) is 0 Å². The van der Waals surface area contributed by atoms with Crippen LogP contribution in [0.4, 0.5) is 4.79 Å². The van der Waals surface area contributed by atoms with Crippen molar-refractivity contribution in [3.8, 4) is 0 Å². The molecule has 0 aromatic heterocycles. The Labute approximate surface area is 135 Å². The third kappa shape index (κ3) is 3.26. The number of amides is 2. The van der Waals surface area contributed by atoms with E-state index in [4.69, 9.17) is 5.73 Å². The molecule has 0 radical (unpaired) electrons. The summed E-state index contributed by atoms with van der Waals surface area (Å²) >= 11 is 0. The van der Waals surface area contributed by atoms with Gasteiger partial charge in [-0.05, 0) is 11.1 Å². The van der Waals surface area contributed by atoms with Gasteiger partial charge < -0.3 is 10.6 Å². The molecule has 0 saturated carbocycles. The Kier molecular flexibility index (Phi) is 4.42. The van der Waals surface area contributed by atoms with Crippen molar-refractivity contribution < 1.29 is 9.59 Å². The Morgan fingerprint density at radius 2 is 1.52 bits per heavy atom. The lowest BCUT2D eigenvalue weighted by molar-refractivity contribution is -0.125. The summed E-state index contributed by atoms with van der Waals surface area (Å²) in [4.78, 5) is 25.7. The van der Waals surface area contributed by atoms with Gasteiger partial charge in [-0.25, -0.2) is 4.79 Å². The maximum Gasteiger partial charge on any atom is 0.314 e. The molecule has 1 saturated heterocycles. The summed E-state index contributed by atoms with van der Waals surface area (Å²) in [5.74, 6) is -0.131. The number of ketones is 1. The minimum Gasteiger partial charge on any atom is -0.351 e. The fraction of sp³-hybridized carbons (Fsp3) is 0.263. The fourth-order valence-electron chi connectivity index (χ4n) is 3.33. The molecule has 2 amide bonds. The standard InChI is InChI=1S/C19H20N2O2/c20-19(23)21-12-11-17(22)16(13-21)18(14-7-3-1-4-8-14)15-9-5-2-6-10-15/h1-10,16,18H,11-13H2,(H2,20,23). The molecule has 2 aromatic carbocycles. The molecule has 1 aliphatic rings. The third-order valence-electron chi connectivity index (χ3n) is 4.49. The highest BCUT2D eigenvalue weighted by molar-refractivity contribution is 5.86. The number of benzene rings is 2. The Morgan fingerprint density at radius 3 is 2.00 bits per heavy atom. The van der Waals surface area contributed by atoms with Gasteiger partial charge in [0.1, 0.15) is 5.78 Å². The minimum atomic E-state index is -0.456. The van der Waals surface area contributed by atoms with Crippen LogP contribution < -0.4 is 5.73 Å². The zero-order chi connectivity index (χ0) is 16.2. The van der Waals surface area contributed by atoms with E-state index in [0.717, 1.165) is 11.1 Å². The highest BCUT2D eigenvalue weighted by Gasteiger charge is 2.36. The number of nitrogens with zero attached hydrogens (tertiary/aromatic N) is 1. The van der Waals surface area contributed by atoms with Crippen LogP contribution in [0.1, 0.15) is 23.5 Å². The monoisotopic (exact) mass is 308 g/mol. The van der Waals surface area contributed by atoms with Crippen LogP contribution in [0.15, 0.2) is 60.7 Å². The van der Waals surface area contributed by atoms with Crippen LogP contribution in [-0.2, 0) is 4.79 Å². The van der Waals surface area contributed by atoms with Gasteiger partial charge >= 0.3 is 6.03 Å². The lowest BCUT2D eigenvalue weighted by Gasteiger charge is -2.35. The van der Waals surface area contributed by atoms with Crippen molar-refractivity contribution in [2.75, 3.05) is 13.1 Å². The molecule has 3 rings (SSSR count). The predicted molar refractivity (Wildman–Crippen MR) is 89.0 cm³/mol. The summed E-state index contributed by atoms with van der Waals surface area (Å²) in [5, 5.41) is 0. The average Bonchev–Trinajstić information content (AvgIpc) is 2.58. The highest BCUT2D eigenvalue weighted by Crippen LogP contribution is 2.35. The van der Waals surface area contributed by atoms with Crippen LogP contribution in [0.3, 0.4) is 0 Å². The molecule has 23 heavy (non-hydrogen) atoms. The van der Waals surface area contributed by atoms with Crippen LogP contribution in [0, 0.1) is 5.92 Å². The second-order valence-electron chi connectivity index (χ2n) is 5.91. The molecule has 1 unspecified atom stereocenters. The molecule has 0 bridgehead atoms. The van der Waals surface area contributed by atoms with Crippen LogP contribution >= 0.6 is 0 Å². The topological polar surface area (TPSA) is 63.4 Å². The van der Waals surface area contributed by atoms with E-state index in [-0.39, 0.29) is 17.6 Å². The van der Waals surface area contributed by atoms with Crippen molar-refractivity contribution in [2.24, 2.45) is 11.7 Å². The zero-order valence-corrected chi connectivity index (χ0v) is 12.9. The summed E-state index contributed by atoms with van der Waals surface area (Å²) in [7, 11) is 0. The molecule has 118 valence electrons. The first-order valence-electron chi connectivity index (χ1n) is 7.84. The molecule has 1 fully saturated rings. The summed E-state index contributed by atoms with van der Waals surface area (Å²) in [5.41, 5.74) is 7.60.